The minimum absolute atomic E-state index is 0.139. The molecule has 2 aliphatic heterocycles. The number of hydrogen-bond donors (Lipinski definition) is 1. The molecule has 3 heteroatoms. The van der Waals surface area contributed by atoms with Gasteiger partial charge in [0.1, 0.15) is 0 Å². The van der Waals surface area contributed by atoms with Crippen LogP contribution in [0.1, 0.15) is 27.9 Å². The number of amides is 1. The van der Waals surface area contributed by atoms with Crippen LogP contribution < -0.4 is 10.2 Å². The van der Waals surface area contributed by atoms with Crippen molar-refractivity contribution in [3.8, 4) is 0 Å². The maximum Gasteiger partial charge on any atom is 0.258 e. The van der Waals surface area contributed by atoms with Crippen LogP contribution in [0.25, 0.3) is 0 Å². The van der Waals surface area contributed by atoms with Gasteiger partial charge in [-0.2, -0.15) is 0 Å². The molecular formula is C18H18N2O. The Morgan fingerprint density at radius 3 is 2.90 bits per heavy atom. The number of hydrogen-bond acceptors (Lipinski definition) is 2. The summed E-state index contributed by atoms with van der Waals surface area (Å²) in [5, 5.41) is 3.40. The fourth-order valence-electron chi connectivity index (χ4n) is 3.40. The van der Waals surface area contributed by atoms with Crippen molar-refractivity contribution in [2.75, 3.05) is 23.3 Å². The summed E-state index contributed by atoms with van der Waals surface area (Å²) in [5.74, 6) is 0.139. The van der Waals surface area contributed by atoms with E-state index in [0.717, 1.165) is 49.3 Å². The number of carbonyl (C=O) groups excluding carboxylic acids is 1. The minimum Gasteiger partial charge on any atom is -0.385 e. The number of rotatable bonds is 1. The minimum atomic E-state index is 0.139. The van der Waals surface area contributed by atoms with Gasteiger partial charge in [0.2, 0.25) is 0 Å². The highest BCUT2D eigenvalue weighted by atomic mass is 16.2. The first kappa shape index (κ1) is 12.5. The molecule has 4 rings (SSSR count). The maximum atomic E-state index is 13.0. The lowest BCUT2D eigenvalue weighted by molar-refractivity contribution is 0.0988. The number of nitrogens with one attached hydrogen (secondary N) is 1. The monoisotopic (exact) mass is 278 g/mol. The van der Waals surface area contributed by atoms with Gasteiger partial charge in [0.15, 0.2) is 0 Å². The molecule has 2 heterocycles. The molecule has 0 atom stereocenters. The van der Waals surface area contributed by atoms with Crippen LogP contribution in [0.5, 0.6) is 0 Å². The predicted molar refractivity (Wildman–Crippen MR) is 85.1 cm³/mol. The molecule has 0 unspecified atom stereocenters. The van der Waals surface area contributed by atoms with Crippen LogP contribution in [0.3, 0.4) is 0 Å². The van der Waals surface area contributed by atoms with Gasteiger partial charge in [-0.25, -0.2) is 0 Å². The second-order valence-corrected chi connectivity index (χ2v) is 5.70. The second-order valence-electron chi connectivity index (χ2n) is 5.70. The molecule has 0 aliphatic carbocycles. The maximum absolute atomic E-state index is 13.0. The third-order valence-corrected chi connectivity index (χ3v) is 4.46. The highest BCUT2D eigenvalue weighted by molar-refractivity contribution is 6.09. The van der Waals surface area contributed by atoms with Crippen LogP contribution in [-0.4, -0.2) is 19.0 Å². The van der Waals surface area contributed by atoms with Gasteiger partial charge in [-0.15, -0.1) is 0 Å². The van der Waals surface area contributed by atoms with Gasteiger partial charge in [-0.05, 0) is 48.6 Å². The van der Waals surface area contributed by atoms with Crippen molar-refractivity contribution in [2.24, 2.45) is 0 Å². The number of anilines is 2. The number of para-hydroxylation sites is 1. The smallest absolute Gasteiger partial charge is 0.258 e. The van der Waals surface area contributed by atoms with Gasteiger partial charge in [-0.1, -0.05) is 24.3 Å². The molecule has 0 bridgehead atoms. The van der Waals surface area contributed by atoms with E-state index in [1.54, 1.807) is 0 Å². The fraction of sp³-hybridized carbons (Fsp3) is 0.278. The van der Waals surface area contributed by atoms with Crippen LogP contribution in [0.4, 0.5) is 11.4 Å². The summed E-state index contributed by atoms with van der Waals surface area (Å²) in [7, 11) is 0. The lowest BCUT2D eigenvalue weighted by atomic mass is 9.97. The lowest BCUT2D eigenvalue weighted by Gasteiger charge is -2.23. The zero-order valence-corrected chi connectivity index (χ0v) is 11.9. The van der Waals surface area contributed by atoms with Crippen LogP contribution in [0.2, 0.25) is 0 Å². The van der Waals surface area contributed by atoms with Crippen molar-refractivity contribution < 1.29 is 4.79 Å². The topological polar surface area (TPSA) is 32.3 Å². The van der Waals surface area contributed by atoms with E-state index in [0.29, 0.717) is 0 Å². The van der Waals surface area contributed by atoms with E-state index in [-0.39, 0.29) is 5.91 Å². The highest BCUT2D eigenvalue weighted by Crippen LogP contribution is 2.32. The van der Waals surface area contributed by atoms with Crippen LogP contribution in [0.15, 0.2) is 42.5 Å². The van der Waals surface area contributed by atoms with E-state index in [4.69, 9.17) is 0 Å². The zero-order chi connectivity index (χ0) is 14.2. The molecule has 106 valence electrons. The molecular weight excluding hydrogens is 260 g/mol. The Labute approximate surface area is 124 Å². The first-order chi connectivity index (χ1) is 10.3. The van der Waals surface area contributed by atoms with Crippen LogP contribution in [-0.2, 0) is 12.8 Å². The van der Waals surface area contributed by atoms with Crippen molar-refractivity contribution in [1.29, 1.82) is 0 Å². The molecule has 0 saturated heterocycles. The van der Waals surface area contributed by atoms with Gasteiger partial charge >= 0.3 is 0 Å². The first-order valence-electron chi connectivity index (χ1n) is 7.60. The first-order valence-corrected chi connectivity index (χ1v) is 7.60. The van der Waals surface area contributed by atoms with E-state index in [9.17, 15) is 4.79 Å². The quantitative estimate of drug-likeness (QED) is 0.868. The highest BCUT2D eigenvalue weighted by Gasteiger charge is 2.27. The molecule has 1 amide bonds. The Balaban J connectivity index is 1.74. The average Bonchev–Trinajstić information content (AvgIpc) is 2.98. The van der Waals surface area contributed by atoms with Gasteiger partial charge in [-0.3, -0.25) is 4.79 Å². The summed E-state index contributed by atoms with van der Waals surface area (Å²) < 4.78 is 0. The normalized spacial score (nSPS) is 16.1. The molecule has 3 nitrogen and oxygen atoms in total. The molecule has 2 aliphatic rings. The van der Waals surface area contributed by atoms with Gasteiger partial charge in [0, 0.05) is 30.0 Å². The summed E-state index contributed by atoms with van der Waals surface area (Å²) in [6.45, 7) is 1.78. The summed E-state index contributed by atoms with van der Waals surface area (Å²) in [6, 6.07) is 14.2. The Morgan fingerprint density at radius 1 is 1.05 bits per heavy atom. The van der Waals surface area contributed by atoms with Crippen molar-refractivity contribution in [1.82, 2.24) is 0 Å². The molecule has 0 radical (unpaired) electrons. The lowest BCUT2D eigenvalue weighted by Crippen LogP contribution is -2.30. The Morgan fingerprint density at radius 2 is 1.95 bits per heavy atom. The molecule has 2 aromatic carbocycles. The number of fused-ring (bicyclic) bond motifs is 2. The molecule has 21 heavy (non-hydrogen) atoms. The third kappa shape index (κ3) is 2.00. The van der Waals surface area contributed by atoms with Gasteiger partial charge in [0.25, 0.3) is 5.91 Å². The van der Waals surface area contributed by atoms with Crippen molar-refractivity contribution in [3.05, 3.63) is 59.2 Å². The number of nitrogens with zero attached hydrogens (tertiary/aromatic N) is 1. The van der Waals surface area contributed by atoms with E-state index in [1.165, 1.54) is 11.1 Å². The average molecular weight is 278 g/mol. The number of carbonyl (C=O) groups is 1. The molecule has 0 saturated carbocycles. The molecule has 0 aromatic heterocycles. The van der Waals surface area contributed by atoms with Crippen molar-refractivity contribution in [3.63, 3.8) is 0 Å². The molecule has 0 spiro atoms. The van der Waals surface area contributed by atoms with Crippen LogP contribution in [0, 0.1) is 0 Å². The van der Waals surface area contributed by atoms with Crippen LogP contribution >= 0.6 is 0 Å². The Bertz CT molecular complexity index is 708. The summed E-state index contributed by atoms with van der Waals surface area (Å²) in [4.78, 5) is 14.9. The van der Waals surface area contributed by atoms with Gasteiger partial charge < -0.3 is 10.2 Å². The SMILES string of the molecule is O=C(c1cccc2c1CCCN2)N1CCc2ccccc21. The predicted octanol–water partition coefficient (Wildman–Crippen LogP) is 3.25. The molecule has 1 N–H and O–H groups in total. The van der Waals surface area contributed by atoms with E-state index < -0.39 is 0 Å². The van der Waals surface area contributed by atoms with Gasteiger partial charge in [0.05, 0.1) is 0 Å². The Hall–Kier alpha value is -2.29. The van der Waals surface area contributed by atoms with Crippen molar-refractivity contribution >= 4 is 17.3 Å². The number of benzene rings is 2. The Kier molecular flexibility index (Phi) is 2.92. The van der Waals surface area contributed by atoms with E-state index in [2.05, 4.69) is 17.4 Å². The molecule has 0 fully saturated rings. The fourth-order valence-corrected chi connectivity index (χ4v) is 3.40. The zero-order valence-electron chi connectivity index (χ0n) is 11.9. The largest absolute Gasteiger partial charge is 0.385 e. The second kappa shape index (κ2) is 4.92. The summed E-state index contributed by atoms with van der Waals surface area (Å²) in [5.41, 5.74) is 5.51. The molecule has 2 aromatic rings. The van der Waals surface area contributed by atoms with E-state index in [1.807, 2.05) is 35.2 Å². The summed E-state index contributed by atoms with van der Waals surface area (Å²) in [6.07, 6.45) is 3.03. The standard InChI is InChI=1S/C18H18N2O/c21-18(20-12-10-13-5-1-2-9-17(13)20)15-6-3-8-16-14(15)7-4-11-19-16/h1-3,5-6,8-9,19H,4,7,10-12H2. The third-order valence-electron chi connectivity index (χ3n) is 4.46. The van der Waals surface area contributed by atoms with E-state index >= 15 is 0 Å². The summed E-state index contributed by atoms with van der Waals surface area (Å²) >= 11 is 0. The van der Waals surface area contributed by atoms with Crippen molar-refractivity contribution in [2.45, 2.75) is 19.3 Å².